The molecule has 1 fully saturated rings. The molecule has 23 heavy (non-hydrogen) atoms. The van der Waals surface area contributed by atoms with Crippen LogP contribution in [-0.4, -0.2) is 44.9 Å². The zero-order valence-electron chi connectivity index (χ0n) is 14.1. The Morgan fingerprint density at radius 1 is 1.43 bits per heavy atom. The highest BCUT2D eigenvalue weighted by molar-refractivity contribution is 5.85. The lowest BCUT2D eigenvalue weighted by molar-refractivity contribution is -0.126. The first-order chi connectivity index (χ1) is 10.5. The van der Waals surface area contributed by atoms with Crippen molar-refractivity contribution in [3.8, 4) is 5.75 Å². The summed E-state index contributed by atoms with van der Waals surface area (Å²) in [5.41, 5.74) is 1.33. The normalized spacial score (nSPS) is 18.0. The van der Waals surface area contributed by atoms with Gasteiger partial charge in [-0.1, -0.05) is 32.9 Å². The minimum Gasteiger partial charge on any atom is -0.492 e. The first-order valence-corrected chi connectivity index (χ1v) is 7.79. The van der Waals surface area contributed by atoms with Crippen molar-refractivity contribution in [2.75, 3.05) is 32.9 Å². The average molecular weight is 343 g/mol. The molecule has 1 amide bonds. The molecule has 1 aliphatic heterocycles. The lowest BCUT2D eigenvalue weighted by Crippen LogP contribution is -2.51. The highest BCUT2D eigenvalue weighted by Crippen LogP contribution is 2.25. The molecule has 1 atom stereocenters. The number of halogens is 1. The molecule has 130 valence electrons. The molecule has 0 aliphatic carbocycles. The lowest BCUT2D eigenvalue weighted by Gasteiger charge is -2.23. The fourth-order valence-electron chi connectivity index (χ4n) is 2.25. The summed E-state index contributed by atoms with van der Waals surface area (Å²) in [6.07, 6.45) is 0. The van der Waals surface area contributed by atoms with Crippen molar-refractivity contribution in [2.45, 2.75) is 32.2 Å². The summed E-state index contributed by atoms with van der Waals surface area (Å²) in [7, 11) is 0. The van der Waals surface area contributed by atoms with Crippen LogP contribution in [0.25, 0.3) is 0 Å². The second kappa shape index (κ2) is 9.11. The molecule has 6 heteroatoms. The smallest absolute Gasteiger partial charge is 0.239 e. The number of morpholine rings is 1. The number of carbonyl (C=O) groups excluding carboxylic acids is 1. The van der Waals surface area contributed by atoms with Gasteiger partial charge < -0.3 is 20.1 Å². The maximum Gasteiger partial charge on any atom is 0.239 e. The second-order valence-electron chi connectivity index (χ2n) is 6.50. The third kappa shape index (κ3) is 6.37. The molecule has 1 unspecified atom stereocenters. The van der Waals surface area contributed by atoms with Crippen molar-refractivity contribution in [2.24, 2.45) is 0 Å². The highest BCUT2D eigenvalue weighted by Gasteiger charge is 2.20. The summed E-state index contributed by atoms with van der Waals surface area (Å²) in [5.74, 6) is 0.799. The molecule has 2 N–H and O–H groups in total. The van der Waals surface area contributed by atoms with E-state index in [0.29, 0.717) is 32.9 Å². The van der Waals surface area contributed by atoms with Crippen LogP contribution in [0, 0.1) is 0 Å². The van der Waals surface area contributed by atoms with Crippen LogP contribution in [0.15, 0.2) is 24.3 Å². The van der Waals surface area contributed by atoms with Crippen molar-refractivity contribution >= 4 is 18.3 Å². The Morgan fingerprint density at radius 3 is 2.87 bits per heavy atom. The van der Waals surface area contributed by atoms with Crippen molar-refractivity contribution in [1.29, 1.82) is 0 Å². The van der Waals surface area contributed by atoms with E-state index in [0.717, 1.165) is 5.75 Å². The van der Waals surface area contributed by atoms with Crippen LogP contribution in [0.1, 0.15) is 26.3 Å². The van der Waals surface area contributed by atoms with Crippen LogP contribution in [0.2, 0.25) is 0 Å². The van der Waals surface area contributed by atoms with E-state index in [-0.39, 0.29) is 29.8 Å². The van der Waals surface area contributed by atoms with Gasteiger partial charge in [0.1, 0.15) is 18.4 Å². The van der Waals surface area contributed by atoms with Crippen LogP contribution in [0.4, 0.5) is 0 Å². The van der Waals surface area contributed by atoms with Crippen LogP contribution in [0.3, 0.4) is 0 Å². The zero-order chi connectivity index (χ0) is 16.0. The molecule has 0 aromatic heterocycles. The fourth-order valence-corrected chi connectivity index (χ4v) is 2.25. The number of benzene rings is 1. The van der Waals surface area contributed by atoms with E-state index in [4.69, 9.17) is 9.47 Å². The predicted molar refractivity (Wildman–Crippen MR) is 93.5 cm³/mol. The van der Waals surface area contributed by atoms with Gasteiger partial charge in [-0.25, -0.2) is 0 Å². The van der Waals surface area contributed by atoms with Gasteiger partial charge in [0.2, 0.25) is 5.91 Å². The van der Waals surface area contributed by atoms with Gasteiger partial charge in [0.15, 0.2) is 0 Å². The Balaban J connectivity index is 0.00000264. The van der Waals surface area contributed by atoms with E-state index in [9.17, 15) is 4.79 Å². The summed E-state index contributed by atoms with van der Waals surface area (Å²) < 4.78 is 11.0. The molecule has 0 bridgehead atoms. The van der Waals surface area contributed by atoms with E-state index in [1.807, 2.05) is 12.1 Å². The number of nitrogens with one attached hydrogen (secondary N) is 2. The quantitative estimate of drug-likeness (QED) is 0.802. The number of rotatable bonds is 5. The maximum atomic E-state index is 11.9. The molecule has 0 radical (unpaired) electrons. The van der Waals surface area contributed by atoms with Gasteiger partial charge in [0.25, 0.3) is 0 Å². The average Bonchev–Trinajstić information content (AvgIpc) is 2.52. The molecule has 1 aromatic rings. The minimum atomic E-state index is -0.252. The topological polar surface area (TPSA) is 59.6 Å². The monoisotopic (exact) mass is 342 g/mol. The van der Waals surface area contributed by atoms with Crippen molar-refractivity contribution in [3.63, 3.8) is 0 Å². The van der Waals surface area contributed by atoms with Gasteiger partial charge in [0.05, 0.1) is 19.8 Å². The third-order valence-corrected chi connectivity index (χ3v) is 3.61. The lowest BCUT2D eigenvalue weighted by atomic mass is 9.87. The van der Waals surface area contributed by atoms with Gasteiger partial charge in [0, 0.05) is 6.54 Å². The molecule has 2 rings (SSSR count). The van der Waals surface area contributed by atoms with Crippen LogP contribution in [-0.2, 0) is 14.9 Å². The summed E-state index contributed by atoms with van der Waals surface area (Å²) in [4.78, 5) is 11.9. The van der Waals surface area contributed by atoms with Gasteiger partial charge in [-0.2, -0.15) is 0 Å². The van der Waals surface area contributed by atoms with Crippen LogP contribution in [0.5, 0.6) is 5.75 Å². The van der Waals surface area contributed by atoms with Gasteiger partial charge in [-0.15, -0.1) is 12.4 Å². The second-order valence-corrected chi connectivity index (χ2v) is 6.50. The van der Waals surface area contributed by atoms with E-state index >= 15 is 0 Å². The molecule has 1 heterocycles. The Bertz CT molecular complexity index is 497. The molecule has 5 nitrogen and oxygen atoms in total. The molecular weight excluding hydrogens is 316 g/mol. The van der Waals surface area contributed by atoms with E-state index in [2.05, 4.69) is 43.5 Å². The van der Waals surface area contributed by atoms with Crippen molar-refractivity contribution < 1.29 is 14.3 Å². The standard InChI is InChI=1S/C17H26N2O3.ClH/c1-17(2,3)13-5-4-6-14(11-13)22-10-8-19-16(20)15-12-21-9-7-18-15;/h4-6,11,15,18H,7-10,12H2,1-3H3,(H,19,20);1H. The Labute approximate surface area is 144 Å². The number of carbonyl (C=O) groups is 1. The van der Waals surface area contributed by atoms with Crippen molar-refractivity contribution in [3.05, 3.63) is 29.8 Å². The largest absolute Gasteiger partial charge is 0.492 e. The molecular formula is C17H27ClN2O3. The summed E-state index contributed by atoms with van der Waals surface area (Å²) in [6.45, 7) is 9.26. The van der Waals surface area contributed by atoms with Crippen LogP contribution >= 0.6 is 12.4 Å². The summed E-state index contributed by atoms with van der Waals surface area (Å²) >= 11 is 0. The zero-order valence-corrected chi connectivity index (χ0v) is 14.9. The first-order valence-electron chi connectivity index (χ1n) is 7.79. The maximum absolute atomic E-state index is 11.9. The van der Waals surface area contributed by atoms with Gasteiger partial charge >= 0.3 is 0 Å². The molecule has 0 spiro atoms. The summed E-state index contributed by atoms with van der Waals surface area (Å²) in [6, 6.07) is 7.84. The Kier molecular flexibility index (Phi) is 7.82. The third-order valence-electron chi connectivity index (χ3n) is 3.61. The minimum absolute atomic E-state index is 0. The predicted octanol–water partition coefficient (Wildman–Crippen LogP) is 1.89. The van der Waals surface area contributed by atoms with E-state index in [1.165, 1.54) is 5.56 Å². The van der Waals surface area contributed by atoms with Gasteiger partial charge in [-0.05, 0) is 23.1 Å². The number of hydrogen-bond acceptors (Lipinski definition) is 4. The number of ether oxygens (including phenoxy) is 2. The number of hydrogen-bond donors (Lipinski definition) is 2. The summed E-state index contributed by atoms with van der Waals surface area (Å²) in [5, 5.41) is 5.98. The Hall–Kier alpha value is -1.30. The van der Waals surface area contributed by atoms with Crippen LogP contribution < -0.4 is 15.4 Å². The first kappa shape index (κ1) is 19.7. The molecule has 1 aromatic carbocycles. The SMILES string of the molecule is CC(C)(C)c1cccc(OCCNC(=O)C2COCCN2)c1.Cl. The fraction of sp³-hybridized carbons (Fsp3) is 0.588. The number of amides is 1. The van der Waals surface area contributed by atoms with E-state index < -0.39 is 0 Å². The molecule has 1 aliphatic rings. The van der Waals surface area contributed by atoms with Crippen molar-refractivity contribution in [1.82, 2.24) is 10.6 Å². The highest BCUT2D eigenvalue weighted by atomic mass is 35.5. The van der Waals surface area contributed by atoms with E-state index in [1.54, 1.807) is 0 Å². The Morgan fingerprint density at radius 2 is 2.22 bits per heavy atom. The molecule has 0 saturated carbocycles. The van der Waals surface area contributed by atoms with Gasteiger partial charge in [-0.3, -0.25) is 4.79 Å². The molecule has 1 saturated heterocycles.